The van der Waals surface area contributed by atoms with Gasteiger partial charge in [-0.25, -0.2) is 9.97 Å². The lowest BCUT2D eigenvalue weighted by Crippen LogP contribution is -2.36. The molecular formula is C22H30N4O2S. The molecule has 1 aromatic heterocycles. The van der Waals surface area contributed by atoms with E-state index < -0.39 is 0 Å². The fourth-order valence-electron chi connectivity index (χ4n) is 3.57. The van der Waals surface area contributed by atoms with E-state index in [1.54, 1.807) is 0 Å². The third kappa shape index (κ3) is 6.26. The van der Waals surface area contributed by atoms with Crippen molar-refractivity contribution in [2.75, 3.05) is 32.6 Å². The van der Waals surface area contributed by atoms with Crippen LogP contribution in [0.2, 0.25) is 0 Å². The number of nitrogens with zero attached hydrogens (tertiary/aromatic N) is 3. The molecule has 0 bridgehead atoms. The zero-order valence-electron chi connectivity index (χ0n) is 17.5. The minimum absolute atomic E-state index is 0.0546. The van der Waals surface area contributed by atoms with Crippen LogP contribution >= 0.6 is 11.8 Å². The molecule has 6 nitrogen and oxygen atoms in total. The topological polar surface area (TPSA) is 67.4 Å². The van der Waals surface area contributed by atoms with Gasteiger partial charge in [0.15, 0.2) is 5.16 Å². The third-order valence-corrected chi connectivity index (χ3v) is 5.82. The molecule has 0 radical (unpaired) electrons. The molecule has 29 heavy (non-hydrogen) atoms. The first kappa shape index (κ1) is 21.7. The van der Waals surface area contributed by atoms with E-state index in [2.05, 4.69) is 38.4 Å². The van der Waals surface area contributed by atoms with Gasteiger partial charge in [-0.3, -0.25) is 9.69 Å². The molecule has 0 spiro atoms. The van der Waals surface area contributed by atoms with E-state index in [0.29, 0.717) is 19.4 Å². The summed E-state index contributed by atoms with van der Waals surface area (Å²) in [5, 5.41) is 3.86. The molecule has 156 valence electrons. The van der Waals surface area contributed by atoms with Gasteiger partial charge < -0.3 is 10.1 Å². The summed E-state index contributed by atoms with van der Waals surface area (Å²) in [6.45, 7) is 8.92. The molecular weight excluding hydrogens is 384 g/mol. The maximum atomic E-state index is 12.5. The first-order valence-electron chi connectivity index (χ1n) is 10.1. The van der Waals surface area contributed by atoms with Gasteiger partial charge in [-0.2, -0.15) is 0 Å². The molecule has 1 aromatic carbocycles. The van der Waals surface area contributed by atoms with Crippen molar-refractivity contribution < 1.29 is 9.53 Å². The van der Waals surface area contributed by atoms with Crippen LogP contribution in [0.25, 0.3) is 0 Å². The van der Waals surface area contributed by atoms with Gasteiger partial charge in [0, 0.05) is 44.0 Å². The summed E-state index contributed by atoms with van der Waals surface area (Å²) < 4.78 is 5.43. The molecule has 1 aliphatic heterocycles. The zero-order valence-corrected chi connectivity index (χ0v) is 18.3. The number of amides is 1. The fourth-order valence-corrected chi connectivity index (χ4v) is 4.02. The Hall–Kier alpha value is -1.96. The van der Waals surface area contributed by atoms with Crippen molar-refractivity contribution in [2.24, 2.45) is 0 Å². The van der Waals surface area contributed by atoms with Crippen molar-refractivity contribution in [1.82, 2.24) is 20.2 Å². The first-order valence-corrected chi connectivity index (χ1v) is 11.3. The normalized spacial score (nSPS) is 14.7. The standard InChI is InChI=1S/C22H30N4O2S/c1-16-20(17(2)25-22(24-16)29-3)8-9-21(27)23-14-18-6-4-5-7-19(18)15-26-10-12-28-13-11-26/h4-7H,8-15H2,1-3H3,(H,23,27). The molecule has 1 N–H and O–H groups in total. The van der Waals surface area contributed by atoms with Gasteiger partial charge >= 0.3 is 0 Å². The molecule has 1 fully saturated rings. The first-order chi connectivity index (χ1) is 14.1. The van der Waals surface area contributed by atoms with Gasteiger partial charge in [-0.05, 0) is 43.2 Å². The summed E-state index contributed by atoms with van der Waals surface area (Å²) in [6.07, 6.45) is 3.07. The Morgan fingerprint density at radius 3 is 2.45 bits per heavy atom. The number of aromatic nitrogens is 2. The van der Waals surface area contributed by atoms with Crippen LogP contribution in [0.5, 0.6) is 0 Å². The van der Waals surface area contributed by atoms with E-state index in [0.717, 1.165) is 55.0 Å². The predicted octanol–water partition coefficient (Wildman–Crippen LogP) is 2.90. The lowest BCUT2D eigenvalue weighted by Gasteiger charge is -2.27. The van der Waals surface area contributed by atoms with Gasteiger partial charge in [-0.15, -0.1) is 0 Å². The number of hydrogen-bond acceptors (Lipinski definition) is 6. The maximum absolute atomic E-state index is 12.5. The van der Waals surface area contributed by atoms with E-state index in [1.165, 1.54) is 22.9 Å². The molecule has 1 amide bonds. The summed E-state index contributed by atoms with van der Waals surface area (Å²) >= 11 is 1.54. The van der Waals surface area contributed by atoms with Gasteiger partial charge in [0.1, 0.15) is 0 Å². The molecule has 1 aliphatic rings. The van der Waals surface area contributed by atoms with E-state index in [4.69, 9.17) is 4.74 Å². The van der Waals surface area contributed by atoms with Crippen LogP contribution in [0, 0.1) is 13.8 Å². The molecule has 3 rings (SSSR count). The van der Waals surface area contributed by atoms with E-state index in [1.807, 2.05) is 26.2 Å². The van der Waals surface area contributed by atoms with Crippen LogP contribution in [-0.2, 0) is 29.0 Å². The number of ether oxygens (including phenoxy) is 1. The lowest BCUT2D eigenvalue weighted by molar-refractivity contribution is -0.121. The van der Waals surface area contributed by atoms with Crippen LogP contribution in [-0.4, -0.2) is 53.3 Å². The van der Waals surface area contributed by atoms with E-state index in [9.17, 15) is 4.79 Å². The lowest BCUT2D eigenvalue weighted by atomic mass is 10.1. The average Bonchev–Trinajstić information content (AvgIpc) is 2.73. The number of morpholine rings is 1. The largest absolute Gasteiger partial charge is 0.379 e. The minimum Gasteiger partial charge on any atom is -0.379 e. The van der Waals surface area contributed by atoms with Crippen molar-refractivity contribution in [3.8, 4) is 0 Å². The summed E-state index contributed by atoms with van der Waals surface area (Å²) in [6, 6.07) is 8.33. The molecule has 0 aliphatic carbocycles. The Morgan fingerprint density at radius 1 is 1.14 bits per heavy atom. The summed E-state index contributed by atoms with van der Waals surface area (Å²) in [7, 11) is 0. The molecule has 7 heteroatoms. The van der Waals surface area contributed by atoms with Crippen molar-refractivity contribution in [3.63, 3.8) is 0 Å². The number of rotatable bonds is 8. The van der Waals surface area contributed by atoms with E-state index >= 15 is 0 Å². The third-order valence-electron chi connectivity index (χ3n) is 5.28. The number of carbonyl (C=O) groups excluding carboxylic acids is 1. The average molecular weight is 415 g/mol. The zero-order chi connectivity index (χ0) is 20.6. The molecule has 0 saturated carbocycles. The van der Waals surface area contributed by atoms with Crippen molar-refractivity contribution in [3.05, 3.63) is 52.3 Å². The van der Waals surface area contributed by atoms with Crippen molar-refractivity contribution in [1.29, 1.82) is 0 Å². The Morgan fingerprint density at radius 2 is 1.79 bits per heavy atom. The quantitative estimate of drug-likeness (QED) is 0.529. The second-order valence-corrected chi connectivity index (χ2v) is 8.07. The number of aryl methyl sites for hydroxylation is 2. The van der Waals surface area contributed by atoms with Gasteiger partial charge in [0.25, 0.3) is 0 Å². The minimum atomic E-state index is 0.0546. The highest BCUT2D eigenvalue weighted by molar-refractivity contribution is 7.98. The monoisotopic (exact) mass is 414 g/mol. The van der Waals surface area contributed by atoms with Crippen LogP contribution in [0.15, 0.2) is 29.4 Å². The highest BCUT2D eigenvalue weighted by Gasteiger charge is 2.14. The number of hydrogen-bond donors (Lipinski definition) is 1. The molecule has 1 saturated heterocycles. The van der Waals surface area contributed by atoms with Crippen LogP contribution in [0.1, 0.15) is 34.5 Å². The Labute approximate surface area is 177 Å². The summed E-state index contributed by atoms with van der Waals surface area (Å²) in [4.78, 5) is 23.8. The van der Waals surface area contributed by atoms with Crippen molar-refractivity contribution >= 4 is 17.7 Å². The number of carbonyl (C=O) groups is 1. The summed E-state index contributed by atoms with van der Waals surface area (Å²) in [5.41, 5.74) is 5.44. The Bertz CT molecular complexity index is 814. The predicted molar refractivity (Wildman–Crippen MR) is 116 cm³/mol. The van der Waals surface area contributed by atoms with Gasteiger partial charge in [-0.1, -0.05) is 36.0 Å². The fraction of sp³-hybridized carbons (Fsp3) is 0.500. The number of benzene rings is 1. The van der Waals surface area contributed by atoms with Crippen LogP contribution in [0.3, 0.4) is 0 Å². The number of thioether (sulfide) groups is 1. The number of nitrogens with one attached hydrogen (secondary N) is 1. The smallest absolute Gasteiger partial charge is 0.220 e. The second kappa shape index (κ2) is 10.7. The van der Waals surface area contributed by atoms with E-state index in [-0.39, 0.29) is 5.91 Å². The Balaban J connectivity index is 1.53. The highest BCUT2D eigenvalue weighted by atomic mass is 32.2. The highest BCUT2D eigenvalue weighted by Crippen LogP contribution is 2.17. The van der Waals surface area contributed by atoms with Gasteiger partial charge in [0.2, 0.25) is 5.91 Å². The van der Waals surface area contributed by atoms with Crippen LogP contribution in [0.4, 0.5) is 0 Å². The Kier molecular flexibility index (Phi) is 8.03. The molecule has 0 unspecified atom stereocenters. The maximum Gasteiger partial charge on any atom is 0.220 e. The van der Waals surface area contributed by atoms with Gasteiger partial charge in [0.05, 0.1) is 13.2 Å². The summed E-state index contributed by atoms with van der Waals surface area (Å²) in [5.74, 6) is 0.0546. The van der Waals surface area contributed by atoms with Crippen molar-refractivity contribution in [2.45, 2.75) is 44.9 Å². The molecule has 0 atom stereocenters. The van der Waals surface area contributed by atoms with Crippen LogP contribution < -0.4 is 5.32 Å². The molecule has 2 aromatic rings. The molecule has 2 heterocycles. The second-order valence-electron chi connectivity index (χ2n) is 7.29. The SMILES string of the molecule is CSc1nc(C)c(CCC(=O)NCc2ccccc2CN2CCOCC2)c(C)n1.